The van der Waals surface area contributed by atoms with Gasteiger partial charge in [0, 0.05) is 24.0 Å². The molecule has 1 saturated heterocycles. The summed E-state index contributed by atoms with van der Waals surface area (Å²) in [6.45, 7) is 14.8. The number of carbonyl (C=O) groups excluding carboxylic acids is 1. The van der Waals surface area contributed by atoms with E-state index >= 15 is 0 Å². The molecule has 0 amide bonds. The van der Waals surface area contributed by atoms with Crippen molar-refractivity contribution in [2.24, 2.45) is 4.99 Å². The van der Waals surface area contributed by atoms with Crippen LogP contribution in [-0.2, 0) is 9.53 Å². The Morgan fingerprint density at radius 3 is 2.53 bits per heavy atom. The van der Waals surface area contributed by atoms with Crippen LogP contribution in [-0.4, -0.2) is 49.4 Å². The van der Waals surface area contributed by atoms with Crippen LogP contribution in [0.3, 0.4) is 0 Å². The number of ether oxygens (including phenoxy) is 2. The molecule has 6 heteroatoms. The summed E-state index contributed by atoms with van der Waals surface area (Å²) in [5, 5.41) is 0. The maximum Gasteiger partial charge on any atom is 0.335 e. The van der Waals surface area contributed by atoms with Crippen molar-refractivity contribution in [3.63, 3.8) is 0 Å². The van der Waals surface area contributed by atoms with Crippen LogP contribution >= 0.6 is 15.9 Å². The summed E-state index contributed by atoms with van der Waals surface area (Å²) in [5.74, 6) is 0.478. The number of nitrogens with zero attached hydrogens (tertiary/aromatic N) is 2. The Balaban J connectivity index is 0.00000218. The Morgan fingerprint density at radius 1 is 1.27 bits per heavy atom. The van der Waals surface area contributed by atoms with Crippen molar-refractivity contribution < 1.29 is 14.3 Å². The molecule has 0 N–H and O–H groups in total. The topological polar surface area (TPSA) is 51.1 Å². The van der Waals surface area contributed by atoms with E-state index in [1.807, 2.05) is 45.9 Å². The van der Waals surface area contributed by atoms with Gasteiger partial charge in [-0.15, -0.1) is 0 Å². The van der Waals surface area contributed by atoms with Crippen LogP contribution in [0, 0.1) is 0 Å². The molecular weight excluding hydrogens is 444 g/mol. The Hall–Kier alpha value is -1.66. The molecule has 1 fully saturated rings. The number of hydrogen-bond acceptors (Lipinski definition) is 5. The van der Waals surface area contributed by atoms with Crippen molar-refractivity contribution in [2.45, 2.75) is 66.8 Å². The number of likely N-dealkylation sites (tertiary alicyclic amines) is 1. The van der Waals surface area contributed by atoms with E-state index in [9.17, 15) is 4.79 Å². The minimum atomic E-state index is -0.359. The molecule has 1 aliphatic rings. The first kappa shape index (κ1) is 26.4. The van der Waals surface area contributed by atoms with Crippen molar-refractivity contribution in [3.8, 4) is 5.75 Å². The van der Waals surface area contributed by atoms with Crippen LogP contribution in [0.1, 0.15) is 66.4 Å². The second-order valence-electron chi connectivity index (χ2n) is 7.27. The number of allylic oxidation sites excluding steroid dienone is 1. The number of methoxy groups -OCH3 is 1. The van der Waals surface area contributed by atoms with E-state index in [-0.39, 0.29) is 5.97 Å². The van der Waals surface area contributed by atoms with Gasteiger partial charge in [-0.25, -0.2) is 4.79 Å². The lowest BCUT2D eigenvalue weighted by atomic mass is 10.1. The summed E-state index contributed by atoms with van der Waals surface area (Å²) in [6, 6.07) is 6.65. The first-order valence-corrected chi connectivity index (χ1v) is 11.6. The monoisotopic (exact) mass is 480 g/mol. The summed E-state index contributed by atoms with van der Waals surface area (Å²) in [7, 11) is 1.37. The Bertz CT molecular complexity index is 759. The summed E-state index contributed by atoms with van der Waals surface area (Å²) < 4.78 is 11.6. The molecule has 1 aromatic carbocycles. The molecule has 1 atom stereocenters. The third-order valence-corrected chi connectivity index (χ3v) is 5.88. The minimum Gasteiger partial charge on any atom is -0.492 e. The first-order chi connectivity index (χ1) is 14.3. The van der Waals surface area contributed by atoms with Crippen LogP contribution in [0.5, 0.6) is 5.75 Å². The molecule has 168 valence electrons. The molecule has 30 heavy (non-hydrogen) atoms. The van der Waals surface area contributed by atoms with Gasteiger partial charge in [0.25, 0.3) is 0 Å². The zero-order valence-corrected chi connectivity index (χ0v) is 21.1. The van der Waals surface area contributed by atoms with Crippen LogP contribution in [0.25, 0.3) is 0 Å². The Labute approximate surface area is 190 Å². The van der Waals surface area contributed by atoms with E-state index in [0.29, 0.717) is 23.9 Å². The largest absolute Gasteiger partial charge is 0.492 e. The van der Waals surface area contributed by atoms with Gasteiger partial charge in [-0.1, -0.05) is 13.8 Å². The van der Waals surface area contributed by atoms with Crippen molar-refractivity contribution >= 4 is 27.6 Å². The lowest BCUT2D eigenvalue weighted by Crippen LogP contribution is -2.28. The molecule has 2 rings (SSSR count). The highest BCUT2D eigenvalue weighted by atomic mass is 79.9. The van der Waals surface area contributed by atoms with Crippen molar-refractivity contribution in [1.29, 1.82) is 0 Å². The summed E-state index contributed by atoms with van der Waals surface area (Å²) in [6.07, 6.45) is 3.64. The maximum absolute atomic E-state index is 11.6. The Morgan fingerprint density at radius 2 is 1.97 bits per heavy atom. The average molecular weight is 481 g/mol. The van der Waals surface area contributed by atoms with Gasteiger partial charge in [0.2, 0.25) is 0 Å². The number of halogens is 1. The third kappa shape index (κ3) is 7.88. The normalized spacial score (nSPS) is 17.7. The van der Waals surface area contributed by atoms with Crippen LogP contribution in [0.15, 0.2) is 38.9 Å². The van der Waals surface area contributed by atoms with Gasteiger partial charge < -0.3 is 14.4 Å². The molecule has 0 aliphatic carbocycles. The molecular formula is C24H37BrN2O3. The van der Waals surface area contributed by atoms with E-state index in [0.717, 1.165) is 34.5 Å². The molecule has 1 heterocycles. The SMILES string of the molecule is CC.COC(=O)/C(C)=C(\C)N=C(C)c1ccc(OCCCN2CCCC2C)c(Br)c1. The smallest absolute Gasteiger partial charge is 0.335 e. The molecule has 1 unspecified atom stereocenters. The molecule has 5 nitrogen and oxygen atoms in total. The number of hydrogen-bond donors (Lipinski definition) is 0. The fourth-order valence-corrected chi connectivity index (χ4v) is 3.81. The first-order valence-electron chi connectivity index (χ1n) is 10.8. The Kier molecular flexibility index (Phi) is 12.0. The molecule has 0 spiro atoms. The van der Waals surface area contributed by atoms with E-state index in [2.05, 4.69) is 32.7 Å². The number of esters is 1. The van der Waals surface area contributed by atoms with Crippen LogP contribution in [0.2, 0.25) is 0 Å². The fourth-order valence-electron chi connectivity index (χ4n) is 3.32. The van der Waals surface area contributed by atoms with Crippen molar-refractivity contribution in [2.75, 3.05) is 26.8 Å². The summed E-state index contributed by atoms with van der Waals surface area (Å²) in [4.78, 5) is 18.7. The van der Waals surface area contributed by atoms with Gasteiger partial charge in [0.05, 0.1) is 23.8 Å². The van der Waals surface area contributed by atoms with Crippen molar-refractivity contribution in [1.82, 2.24) is 4.90 Å². The molecule has 0 radical (unpaired) electrons. The van der Waals surface area contributed by atoms with E-state index in [4.69, 9.17) is 9.47 Å². The zero-order valence-electron chi connectivity index (χ0n) is 19.5. The van der Waals surface area contributed by atoms with Gasteiger partial charge in [-0.3, -0.25) is 4.99 Å². The molecule has 0 aromatic heterocycles. The van der Waals surface area contributed by atoms with Gasteiger partial charge in [0.15, 0.2) is 0 Å². The van der Waals surface area contributed by atoms with Gasteiger partial charge in [-0.2, -0.15) is 0 Å². The lowest BCUT2D eigenvalue weighted by molar-refractivity contribution is -0.136. The summed E-state index contributed by atoms with van der Waals surface area (Å²) >= 11 is 3.60. The van der Waals surface area contributed by atoms with Gasteiger partial charge in [-0.05, 0) is 93.2 Å². The van der Waals surface area contributed by atoms with Crippen LogP contribution < -0.4 is 4.74 Å². The predicted octanol–water partition coefficient (Wildman–Crippen LogP) is 6.00. The van der Waals surface area contributed by atoms with Crippen molar-refractivity contribution in [3.05, 3.63) is 39.5 Å². The number of aliphatic imine (C=N–C) groups is 1. The standard InChI is InChI=1S/C22H31BrN2O3.C2H6/c1-15-8-6-11-25(15)12-7-13-28-21-10-9-19(14-20(21)23)18(4)24-17(3)16(2)22(26)27-5;1-2/h9-10,14-15H,6-8,11-13H2,1-5H3;1-2H3/b17-16+,24-18?;. The molecule has 1 aromatic rings. The molecule has 0 saturated carbocycles. The maximum atomic E-state index is 11.6. The highest BCUT2D eigenvalue weighted by Crippen LogP contribution is 2.27. The molecule has 0 bridgehead atoms. The summed E-state index contributed by atoms with van der Waals surface area (Å²) in [5.41, 5.74) is 2.96. The highest BCUT2D eigenvalue weighted by Gasteiger charge is 2.19. The second-order valence-corrected chi connectivity index (χ2v) is 8.13. The van der Waals surface area contributed by atoms with Gasteiger partial charge in [0.1, 0.15) is 5.75 Å². The average Bonchev–Trinajstić information content (AvgIpc) is 3.16. The molecule has 1 aliphatic heterocycles. The highest BCUT2D eigenvalue weighted by molar-refractivity contribution is 9.10. The van der Waals surface area contributed by atoms with Gasteiger partial charge >= 0.3 is 5.97 Å². The number of rotatable bonds is 8. The van der Waals surface area contributed by atoms with E-state index in [1.54, 1.807) is 6.92 Å². The van der Waals surface area contributed by atoms with Crippen LogP contribution in [0.4, 0.5) is 0 Å². The number of benzene rings is 1. The zero-order chi connectivity index (χ0) is 22.7. The lowest BCUT2D eigenvalue weighted by Gasteiger charge is -2.20. The van der Waals surface area contributed by atoms with E-state index in [1.165, 1.54) is 26.5 Å². The third-order valence-electron chi connectivity index (χ3n) is 5.26. The predicted molar refractivity (Wildman–Crippen MR) is 128 cm³/mol. The fraction of sp³-hybridized carbons (Fsp3) is 0.583. The minimum absolute atomic E-state index is 0.359. The number of carbonyl (C=O) groups is 1. The quantitative estimate of drug-likeness (QED) is 0.198. The van der Waals surface area contributed by atoms with E-state index < -0.39 is 0 Å². The second kappa shape index (κ2) is 13.6.